The third-order valence-electron chi connectivity index (χ3n) is 4.95. The molecular formula is C20H22N2O6S2. The molecule has 0 atom stereocenters. The fourth-order valence-corrected chi connectivity index (χ4v) is 5.42. The Morgan fingerprint density at radius 3 is 2.63 bits per heavy atom. The summed E-state index contributed by atoms with van der Waals surface area (Å²) >= 11 is 1.22. The van der Waals surface area contributed by atoms with E-state index in [1.807, 2.05) is 0 Å². The van der Waals surface area contributed by atoms with Crippen molar-refractivity contribution in [1.29, 1.82) is 0 Å². The van der Waals surface area contributed by atoms with Crippen LogP contribution in [-0.4, -0.2) is 50.5 Å². The average Bonchev–Trinajstić information content (AvgIpc) is 3.10. The van der Waals surface area contributed by atoms with E-state index in [-0.39, 0.29) is 27.7 Å². The molecule has 0 radical (unpaired) electrons. The molecule has 160 valence electrons. The summed E-state index contributed by atoms with van der Waals surface area (Å²) in [5.74, 6) is -1.24. The summed E-state index contributed by atoms with van der Waals surface area (Å²) < 4.78 is 29.1. The van der Waals surface area contributed by atoms with Gasteiger partial charge in [0.2, 0.25) is 5.91 Å². The summed E-state index contributed by atoms with van der Waals surface area (Å²) in [7, 11) is -2.19. The van der Waals surface area contributed by atoms with Gasteiger partial charge in [-0.1, -0.05) is 13.0 Å². The minimum Gasteiger partial charge on any atom is -0.465 e. The average molecular weight is 451 g/mol. The zero-order valence-corrected chi connectivity index (χ0v) is 18.5. The van der Waals surface area contributed by atoms with Crippen molar-refractivity contribution in [2.45, 2.75) is 31.7 Å². The number of rotatable bonds is 5. The highest BCUT2D eigenvalue weighted by atomic mass is 32.2. The highest BCUT2D eigenvalue weighted by Gasteiger charge is 2.30. The minimum absolute atomic E-state index is 0.0618. The van der Waals surface area contributed by atoms with Gasteiger partial charge in [-0.3, -0.25) is 9.59 Å². The fourth-order valence-electron chi connectivity index (χ4n) is 3.25. The minimum atomic E-state index is -3.46. The first-order valence-corrected chi connectivity index (χ1v) is 11.8. The molecule has 1 aromatic heterocycles. The molecule has 8 nitrogen and oxygen atoms in total. The lowest BCUT2D eigenvalue weighted by molar-refractivity contribution is -0.129. The predicted octanol–water partition coefficient (Wildman–Crippen LogP) is 2.49. The fraction of sp³-hybridized carbons (Fsp3) is 0.350. The summed E-state index contributed by atoms with van der Waals surface area (Å²) in [6.07, 6.45) is 0.482. The van der Waals surface area contributed by atoms with E-state index in [2.05, 4.69) is 5.32 Å². The number of nitrogens with zero attached hydrogens (tertiary/aromatic N) is 1. The van der Waals surface area contributed by atoms with Gasteiger partial charge in [-0.05, 0) is 30.2 Å². The normalized spacial score (nSPS) is 13.5. The van der Waals surface area contributed by atoms with Crippen molar-refractivity contribution in [3.8, 4) is 0 Å². The number of benzene rings is 1. The van der Waals surface area contributed by atoms with Crippen LogP contribution in [0.2, 0.25) is 0 Å². The number of hydrogen-bond acceptors (Lipinski definition) is 7. The molecule has 30 heavy (non-hydrogen) atoms. The summed E-state index contributed by atoms with van der Waals surface area (Å²) in [6, 6.07) is 5.77. The maximum Gasteiger partial charge on any atom is 0.341 e. The quantitative estimate of drug-likeness (QED) is 0.701. The third kappa shape index (κ3) is 4.24. The van der Waals surface area contributed by atoms with Gasteiger partial charge in [0, 0.05) is 23.9 Å². The van der Waals surface area contributed by atoms with E-state index in [1.165, 1.54) is 56.6 Å². The molecule has 0 fully saturated rings. The molecule has 0 saturated heterocycles. The topological polar surface area (TPSA) is 110 Å². The van der Waals surface area contributed by atoms with Gasteiger partial charge in [0.1, 0.15) is 5.00 Å². The molecule has 1 aliphatic rings. The van der Waals surface area contributed by atoms with Crippen LogP contribution in [0.15, 0.2) is 29.2 Å². The standard InChI is InChI=1S/C20H22N2O6S2/c1-4-30(26,27)14-7-5-6-13(10-14)18(24)21-19-17(20(25)28-3)15-8-9-22(12(2)23)11-16(15)29-19/h5-7,10H,4,8-9,11H2,1-3H3,(H,21,24). The van der Waals surface area contributed by atoms with E-state index in [0.29, 0.717) is 24.5 Å². The van der Waals surface area contributed by atoms with Crippen LogP contribution in [-0.2, 0) is 32.3 Å². The molecule has 0 saturated carbocycles. The molecule has 2 heterocycles. The van der Waals surface area contributed by atoms with Gasteiger partial charge in [-0.25, -0.2) is 13.2 Å². The Kier molecular flexibility index (Phi) is 6.27. The van der Waals surface area contributed by atoms with Crippen LogP contribution >= 0.6 is 11.3 Å². The van der Waals surface area contributed by atoms with E-state index in [4.69, 9.17) is 4.74 Å². The van der Waals surface area contributed by atoms with Crippen LogP contribution in [0.3, 0.4) is 0 Å². The van der Waals surface area contributed by atoms with E-state index in [1.54, 1.807) is 4.90 Å². The lowest BCUT2D eigenvalue weighted by Gasteiger charge is -2.25. The second-order valence-electron chi connectivity index (χ2n) is 6.78. The number of nitrogens with one attached hydrogen (secondary N) is 1. The summed E-state index contributed by atoms with van der Waals surface area (Å²) in [5, 5.41) is 3.05. The molecule has 0 bridgehead atoms. The van der Waals surface area contributed by atoms with Crippen LogP contribution in [0.25, 0.3) is 0 Å². The van der Waals surface area contributed by atoms with Crippen molar-refractivity contribution in [2.24, 2.45) is 0 Å². The number of anilines is 1. The molecule has 2 aromatic rings. The summed E-state index contributed by atoms with van der Waals surface area (Å²) in [6.45, 7) is 3.86. The SMILES string of the molecule is CCS(=O)(=O)c1cccc(C(=O)Nc2sc3c(c2C(=O)OC)CCN(C(C)=O)C3)c1. The van der Waals surface area contributed by atoms with Crippen LogP contribution in [0.4, 0.5) is 5.00 Å². The number of esters is 1. The molecular weight excluding hydrogens is 428 g/mol. The Bertz CT molecular complexity index is 1120. The molecule has 1 aromatic carbocycles. The lowest BCUT2D eigenvalue weighted by Crippen LogP contribution is -2.33. The number of carbonyl (C=O) groups is 3. The van der Waals surface area contributed by atoms with Crippen LogP contribution in [0.5, 0.6) is 0 Å². The highest BCUT2D eigenvalue weighted by Crippen LogP contribution is 2.38. The number of sulfone groups is 1. The van der Waals surface area contributed by atoms with Crippen molar-refractivity contribution < 1.29 is 27.5 Å². The van der Waals surface area contributed by atoms with Crippen LogP contribution in [0, 0.1) is 0 Å². The van der Waals surface area contributed by atoms with Gasteiger partial charge >= 0.3 is 5.97 Å². The molecule has 1 aliphatic heterocycles. The lowest BCUT2D eigenvalue weighted by atomic mass is 10.0. The van der Waals surface area contributed by atoms with Gasteiger partial charge in [0.25, 0.3) is 5.91 Å². The Hall–Kier alpha value is -2.72. The first-order valence-electron chi connectivity index (χ1n) is 9.30. The van der Waals surface area contributed by atoms with Crippen LogP contribution < -0.4 is 5.32 Å². The summed E-state index contributed by atoms with van der Waals surface area (Å²) in [4.78, 5) is 39.5. The van der Waals surface area contributed by atoms with Crippen molar-refractivity contribution in [3.05, 3.63) is 45.8 Å². The first kappa shape index (κ1) is 22.0. The van der Waals surface area contributed by atoms with Crippen molar-refractivity contribution in [2.75, 3.05) is 24.7 Å². The number of fused-ring (bicyclic) bond motifs is 1. The zero-order valence-electron chi connectivity index (χ0n) is 16.9. The first-order chi connectivity index (χ1) is 14.2. The monoisotopic (exact) mass is 450 g/mol. The van der Waals surface area contributed by atoms with Gasteiger partial charge in [0.15, 0.2) is 9.84 Å². The second-order valence-corrected chi connectivity index (χ2v) is 10.2. The van der Waals surface area contributed by atoms with E-state index < -0.39 is 21.7 Å². The number of carbonyl (C=O) groups excluding carboxylic acids is 3. The molecule has 1 N–H and O–H groups in total. The van der Waals surface area contributed by atoms with Crippen molar-refractivity contribution in [3.63, 3.8) is 0 Å². The summed E-state index contributed by atoms with van der Waals surface area (Å²) in [5.41, 5.74) is 1.21. The van der Waals surface area contributed by atoms with Crippen molar-refractivity contribution in [1.82, 2.24) is 4.90 Å². The van der Waals surface area contributed by atoms with E-state index >= 15 is 0 Å². The molecule has 2 amide bonds. The number of methoxy groups -OCH3 is 1. The maximum atomic E-state index is 12.8. The largest absolute Gasteiger partial charge is 0.465 e. The Morgan fingerprint density at radius 1 is 1.27 bits per heavy atom. The third-order valence-corrected chi connectivity index (χ3v) is 7.82. The number of thiophene rings is 1. The molecule has 0 spiro atoms. The van der Waals surface area contributed by atoms with Gasteiger partial charge in [-0.15, -0.1) is 11.3 Å². The van der Waals surface area contributed by atoms with Gasteiger partial charge in [-0.2, -0.15) is 0 Å². The number of ether oxygens (including phenoxy) is 1. The zero-order chi connectivity index (χ0) is 22.1. The predicted molar refractivity (Wildman–Crippen MR) is 113 cm³/mol. The van der Waals surface area contributed by atoms with Crippen LogP contribution in [0.1, 0.15) is 45.0 Å². The van der Waals surface area contributed by atoms with E-state index in [0.717, 1.165) is 10.4 Å². The van der Waals surface area contributed by atoms with Crippen molar-refractivity contribution >= 4 is 44.0 Å². The smallest absolute Gasteiger partial charge is 0.341 e. The number of amides is 2. The second kappa shape index (κ2) is 8.57. The van der Waals surface area contributed by atoms with E-state index in [9.17, 15) is 22.8 Å². The Labute approximate surface area is 178 Å². The molecule has 0 unspecified atom stereocenters. The Balaban J connectivity index is 1.95. The molecule has 0 aliphatic carbocycles. The maximum absolute atomic E-state index is 12.8. The molecule has 3 rings (SSSR count). The molecule has 10 heteroatoms. The van der Waals surface area contributed by atoms with Gasteiger partial charge in [0.05, 0.1) is 29.9 Å². The number of hydrogen-bond donors (Lipinski definition) is 1. The highest BCUT2D eigenvalue weighted by molar-refractivity contribution is 7.91. The van der Waals surface area contributed by atoms with Gasteiger partial charge < -0.3 is 15.0 Å². The Morgan fingerprint density at radius 2 is 2.00 bits per heavy atom.